The molecule has 0 spiro atoms. The number of para-hydroxylation sites is 2. The van der Waals surface area contributed by atoms with Gasteiger partial charge >= 0.3 is 0 Å². The van der Waals surface area contributed by atoms with Gasteiger partial charge in [0.2, 0.25) is 5.91 Å². The molecule has 0 fully saturated rings. The standard InChI is InChI=1S/C15H14FNO2/c16-12-8-5-11(6-9-12)7-10-15(19)17-13-3-1-2-4-14(13)18/h1-6,8-9,18H,7,10H2,(H,17,19). The van der Waals surface area contributed by atoms with Gasteiger partial charge in [-0.2, -0.15) is 0 Å². The quantitative estimate of drug-likeness (QED) is 0.829. The Morgan fingerprint density at radius 2 is 1.79 bits per heavy atom. The molecule has 1 amide bonds. The second kappa shape index (κ2) is 6.00. The molecule has 0 unspecified atom stereocenters. The van der Waals surface area contributed by atoms with Crippen molar-refractivity contribution in [3.8, 4) is 5.75 Å². The molecule has 0 bridgehead atoms. The highest BCUT2D eigenvalue weighted by Crippen LogP contribution is 2.21. The lowest BCUT2D eigenvalue weighted by atomic mass is 10.1. The fraction of sp³-hybridized carbons (Fsp3) is 0.133. The lowest BCUT2D eigenvalue weighted by molar-refractivity contribution is -0.116. The first kappa shape index (κ1) is 13.1. The number of aryl methyl sites for hydroxylation is 1. The topological polar surface area (TPSA) is 49.3 Å². The third kappa shape index (κ3) is 3.81. The van der Waals surface area contributed by atoms with E-state index in [2.05, 4.69) is 5.32 Å². The van der Waals surface area contributed by atoms with Gasteiger partial charge < -0.3 is 10.4 Å². The van der Waals surface area contributed by atoms with Crippen molar-refractivity contribution in [3.63, 3.8) is 0 Å². The lowest BCUT2D eigenvalue weighted by Crippen LogP contribution is -2.12. The Hall–Kier alpha value is -2.36. The second-order valence-corrected chi connectivity index (χ2v) is 4.19. The number of amides is 1. The van der Waals surface area contributed by atoms with Crippen molar-refractivity contribution < 1.29 is 14.3 Å². The molecule has 0 saturated carbocycles. The normalized spacial score (nSPS) is 10.2. The molecular weight excluding hydrogens is 245 g/mol. The summed E-state index contributed by atoms with van der Waals surface area (Å²) >= 11 is 0. The molecule has 0 aromatic heterocycles. The van der Waals surface area contributed by atoms with Crippen LogP contribution < -0.4 is 5.32 Å². The summed E-state index contributed by atoms with van der Waals surface area (Å²) in [6, 6.07) is 12.6. The highest BCUT2D eigenvalue weighted by atomic mass is 19.1. The van der Waals surface area contributed by atoms with E-state index in [9.17, 15) is 14.3 Å². The van der Waals surface area contributed by atoms with Gasteiger partial charge in [0.05, 0.1) is 5.69 Å². The van der Waals surface area contributed by atoms with Crippen LogP contribution in [0, 0.1) is 5.82 Å². The minimum atomic E-state index is -0.289. The van der Waals surface area contributed by atoms with Gasteiger partial charge in [0.25, 0.3) is 0 Å². The van der Waals surface area contributed by atoms with E-state index in [1.54, 1.807) is 30.3 Å². The Bertz CT molecular complexity index is 567. The van der Waals surface area contributed by atoms with E-state index in [1.165, 1.54) is 18.2 Å². The maximum absolute atomic E-state index is 12.7. The number of phenolic OH excluding ortho intramolecular Hbond substituents is 1. The molecule has 0 aliphatic rings. The van der Waals surface area contributed by atoms with Crippen molar-refractivity contribution in [1.82, 2.24) is 0 Å². The number of rotatable bonds is 4. The van der Waals surface area contributed by atoms with Gasteiger partial charge in [-0.1, -0.05) is 24.3 Å². The van der Waals surface area contributed by atoms with Crippen molar-refractivity contribution in [1.29, 1.82) is 0 Å². The van der Waals surface area contributed by atoms with Crippen LogP contribution in [-0.2, 0) is 11.2 Å². The Morgan fingerprint density at radius 1 is 1.11 bits per heavy atom. The van der Waals surface area contributed by atoms with Crippen LogP contribution >= 0.6 is 0 Å². The van der Waals surface area contributed by atoms with Crippen LogP contribution in [0.4, 0.5) is 10.1 Å². The second-order valence-electron chi connectivity index (χ2n) is 4.19. The smallest absolute Gasteiger partial charge is 0.224 e. The molecule has 0 saturated heterocycles. The Kier molecular flexibility index (Phi) is 4.13. The highest BCUT2D eigenvalue weighted by Gasteiger charge is 2.06. The van der Waals surface area contributed by atoms with E-state index in [-0.39, 0.29) is 23.9 Å². The Morgan fingerprint density at radius 3 is 2.47 bits per heavy atom. The first-order chi connectivity index (χ1) is 9.15. The first-order valence-corrected chi connectivity index (χ1v) is 5.97. The number of nitrogens with one attached hydrogen (secondary N) is 1. The van der Waals surface area contributed by atoms with E-state index in [0.29, 0.717) is 12.1 Å². The number of aromatic hydroxyl groups is 1. The van der Waals surface area contributed by atoms with Crippen molar-refractivity contribution in [2.75, 3.05) is 5.32 Å². The van der Waals surface area contributed by atoms with Crippen LogP contribution in [-0.4, -0.2) is 11.0 Å². The van der Waals surface area contributed by atoms with Crippen LogP contribution in [0.15, 0.2) is 48.5 Å². The Labute approximate surface area is 110 Å². The summed E-state index contributed by atoms with van der Waals surface area (Å²) < 4.78 is 12.7. The average Bonchev–Trinajstić information content (AvgIpc) is 2.41. The fourth-order valence-corrected chi connectivity index (χ4v) is 1.70. The summed E-state index contributed by atoms with van der Waals surface area (Å²) in [4.78, 5) is 11.7. The van der Waals surface area contributed by atoms with E-state index in [1.807, 2.05) is 0 Å². The minimum absolute atomic E-state index is 0.0395. The zero-order valence-corrected chi connectivity index (χ0v) is 10.3. The number of anilines is 1. The van der Waals surface area contributed by atoms with Crippen molar-refractivity contribution in [3.05, 3.63) is 59.9 Å². The summed E-state index contributed by atoms with van der Waals surface area (Å²) in [6.07, 6.45) is 0.805. The summed E-state index contributed by atoms with van der Waals surface area (Å²) in [5.74, 6) is -0.439. The number of hydrogen-bond acceptors (Lipinski definition) is 2. The largest absolute Gasteiger partial charge is 0.506 e. The molecule has 0 heterocycles. The van der Waals surface area contributed by atoms with Gasteiger partial charge in [-0.15, -0.1) is 0 Å². The van der Waals surface area contributed by atoms with Crippen LogP contribution in [0.2, 0.25) is 0 Å². The van der Waals surface area contributed by atoms with Crippen LogP contribution in [0.25, 0.3) is 0 Å². The number of carbonyl (C=O) groups excluding carboxylic acids is 1. The third-order valence-corrected chi connectivity index (χ3v) is 2.73. The Balaban J connectivity index is 1.88. The van der Waals surface area contributed by atoms with Crippen LogP contribution in [0.1, 0.15) is 12.0 Å². The predicted octanol–water partition coefficient (Wildman–Crippen LogP) is 3.10. The molecule has 0 atom stereocenters. The molecule has 98 valence electrons. The van der Waals surface area contributed by atoms with Gasteiger partial charge in [0.1, 0.15) is 11.6 Å². The number of halogens is 1. The van der Waals surface area contributed by atoms with Gasteiger partial charge in [-0.05, 0) is 36.2 Å². The summed E-state index contributed by atoms with van der Waals surface area (Å²) in [6.45, 7) is 0. The molecule has 4 heteroatoms. The van der Waals surface area contributed by atoms with E-state index in [0.717, 1.165) is 5.56 Å². The molecule has 2 aromatic carbocycles. The number of benzene rings is 2. The predicted molar refractivity (Wildman–Crippen MR) is 71.5 cm³/mol. The average molecular weight is 259 g/mol. The molecule has 0 aliphatic heterocycles. The third-order valence-electron chi connectivity index (χ3n) is 2.73. The molecular formula is C15H14FNO2. The maximum Gasteiger partial charge on any atom is 0.224 e. The molecule has 19 heavy (non-hydrogen) atoms. The van der Waals surface area contributed by atoms with E-state index >= 15 is 0 Å². The van der Waals surface area contributed by atoms with Gasteiger partial charge in [0, 0.05) is 6.42 Å². The summed E-state index contributed by atoms with van der Waals surface area (Å²) in [7, 11) is 0. The maximum atomic E-state index is 12.7. The molecule has 0 radical (unpaired) electrons. The zero-order valence-electron chi connectivity index (χ0n) is 10.3. The van der Waals surface area contributed by atoms with Crippen LogP contribution in [0.3, 0.4) is 0 Å². The number of carbonyl (C=O) groups is 1. The SMILES string of the molecule is O=C(CCc1ccc(F)cc1)Nc1ccccc1O. The molecule has 3 nitrogen and oxygen atoms in total. The number of hydrogen-bond donors (Lipinski definition) is 2. The van der Waals surface area contributed by atoms with Crippen molar-refractivity contribution in [2.45, 2.75) is 12.8 Å². The minimum Gasteiger partial charge on any atom is -0.506 e. The summed E-state index contributed by atoms with van der Waals surface area (Å²) in [5.41, 5.74) is 1.29. The molecule has 0 aliphatic carbocycles. The zero-order chi connectivity index (χ0) is 13.7. The van der Waals surface area contributed by atoms with Gasteiger partial charge in [-0.25, -0.2) is 4.39 Å². The highest BCUT2D eigenvalue weighted by molar-refractivity contribution is 5.92. The van der Waals surface area contributed by atoms with Crippen LogP contribution in [0.5, 0.6) is 5.75 Å². The monoisotopic (exact) mass is 259 g/mol. The van der Waals surface area contributed by atoms with Crippen molar-refractivity contribution in [2.24, 2.45) is 0 Å². The summed E-state index contributed by atoms with van der Waals surface area (Å²) in [5, 5.41) is 12.1. The molecule has 2 N–H and O–H groups in total. The van der Waals surface area contributed by atoms with E-state index < -0.39 is 0 Å². The lowest BCUT2D eigenvalue weighted by Gasteiger charge is -2.07. The van der Waals surface area contributed by atoms with E-state index in [4.69, 9.17) is 0 Å². The fourth-order valence-electron chi connectivity index (χ4n) is 1.70. The molecule has 2 rings (SSSR count). The van der Waals surface area contributed by atoms with Gasteiger partial charge in [-0.3, -0.25) is 4.79 Å². The van der Waals surface area contributed by atoms with Gasteiger partial charge in [0.15, 0.2) is 0 Å². The number of phenols is 1. The van der Waals surface area contributed by atoms with Crippen molar-refractivity contribution >= 4 is 11.6 Å². The first-order valence-electron chi connectivity index (χ1n) is 5.97. The molecule has 2 aromatic rings.